The molecule has 0 aromatic carbocycles. The van der Waals surface area contributed by atoms with E-state index in [4.69, 9.17) is 5.73 Å². The molecule has 0 bridgehead atoms. The van der Waals surface area contributed by atoms with E-state index in [-0.39, 0.29) is 0 Å². The molecule has 0 aliphatic heterocycles. The van der Waals surface area contributed by atoms with Gasteiger partial charge in [-0.2, -0.15) is 15.1 Å². The van der Waals surface area contributed by atoms with E-state index in [0.717, 1.165) is 29.9 Å². The standard InChI is InChI=1S/C16H22N8/c1-4-24(5-2)13-7-6-11(8-18-13)9-19-16-21-14(17)12-10-20-23(3)15(12)22-16/h6-8,10H,4-5,9H2,1-3H3,(H3,17,19,21,22). The van der Waals surface area contributed by atoms with Gasteiger partial charge < -0.3 is 16.0 Å². The fourth-order valence-electron chi connectivity index (χ4n) is 2.56. The number of hydrogen-bond acceptors (Lipinski definition) is 7. The highest BCUT2D eigenvalue weighted by molar-refractivity contribution is 5.86. The number of aryl methyl sites for hydroxylation is 1. The van der Waals surface area contributed by atoms with Crippen LogP contribution in [0.25, 0.3) is 11.0 Å². The Morgan fingerprint density at radius 3 is 2.62 bits per heavy atom. The van der Waals surface area contributed by atoms with E-state index >= 15 is 0 Å². The van der Waals surface area contributed by atoms with E-state index in [0.29, 0.717) is 24.0 Å². The van der Waals surface area contributed by atoms with Crippen molar-refractivity contribution < 1.29 is 0 Å². The molecular weight excluding hydrogens is 304 g/mol. The van der Waals surface area contributed by atoms with Crippen LogP contribution < -0.4 is 16.0 Å². The molecule has 0 radical (unpaired) electrons. The van der Waals surface area contributed by atoms with Gasteiger partial charge in [0.2, 0.25) is 5.95 Å². The second kappa shape index (κ2) is 6.69. The first-order valence-corrected chi connectivity index (χ1v) is 8.01. The van der Waals surface area contributed by atoms with Crippen molar-refractivity contribution in [3.8, 4) is 0 Å². The molecule has 0 spiro atoms. The lowest BCUT2D eigenvalue weighted by Crippen LogP contribution is -2.22. The van der Waals surface area contributed by atoms with Crippen LogP contribution in [-0.4, -0.2) is 37.8 Å². The summed E-state index contributed by atoms with van der Waals surface area (Å²) in [5.41, 5.74) is 7.72. The molecular formula is C16H22N8. The van der Waals surface area contributed by atoms with Crippen molar-refractivity contribution in [1.29, 1.82) is 0 Å². The molecule has 0 aliphatic carbocycles. The van der Waals surface area contributed by atoms with Crippen molar-refractivity contribution in [1.82, 2.24) is 24.7 Å². The van der Waals surface area contributed by atoms with Crippen LogP contribution in [0.3, 0.4) is 0 Å². The van der Waals surface area contributed by atoms with E-state index < -0.39 is 0 Å². The third kappa shape index (κ3) is 3.08. The Morgan fingerprint density at radius 1 is 1.17 bits per heavy atom. The van der Waals surface area contributed by atoms with Gasteiger partial charge in [-0.25, -0.2) is 4.98 Å². The number of hydrogen-bond donors (Lipinski definition) is 2. The number of rotatable bonds is 6. The van der Waals surface area contributed by atoms with Gasteiger partial charge in [0.15, 0.2) is 5.65 Å². The van der Waals surface area contributed by atoms with E-state index in [1.807, 2.05) is 19.3 Å². The summed E-state index contributed by atoms with van der Waals surface area (Å²) >= 11 is 0. The molecule has 3 aromatic heterocycles. The van der Waals surface area contributed by atoms with Crippen LogP contribution in [0.5, 0.6) is 0 Å². The van der Waals surface area contributed by atoms with Crippen LogP contribution in [0.1, 0.15) is 19.4 Å². The van der Waals surface area contributed by atoms with Gasteiger partial charge in [0.25, 0.3) is 0 Å². The van der Waals surface area contributed by atoms with Gasteiger partial charge in [0.1, 0.15) is 11.6 Å². The van der Waals surface area contributed by atoms with Gasteiger partial charge in [-0.1, -0.05) is 6.07 Å². The lowest BCUT2D eigenvalue weighted by atomic mass is 10.2. The molecule has 0 atom stereocenters. The summed E-state index contributed by atoms with van der Waals surface area (Å²) in [7, 11) is 1.83. The zero-order chi connectivity index (χ0) is 17.1. The number of nitrogen functional groups attached to an aromatic ring is 1. The maximum Gasteiger partial charge on any atom is 0.226 e. The van der Waals surface area contributed by atoms with E-state index in [1.54, 1.807) is 10.9 Å². The minimum Gasteiger partial charge on any atom is -0.383 e. The van der Waals surface area contributed by atoms with Crippen LogP contribution in [0, 0.1) is 0 Å². The molecule has 8 nitrogen and oxygen atoms in total. The van der Waals surface area contributed by atoms with Gasteiger partial charge in [0, 0.05) is 32.9 Å². The molecule has 8 heteroatoms. The van der Waals surface area contributed by atoms with Crippen molar-refractivity contribution in [2.24, 2.45) is 7.05 Å². The van der Waals surface area contributed by atoms with Crippen molar-refractivity contribution in [2.45, 2.75) is 20.4 Å². The molecule has 0 unspecified atom stereocenters. The predicted molar refractivity (Wildman–Crippen MR) is 95.8 cm³/mol. The number of fused-ring (bicyclic) bond motifs is 1. The van der Waals surface area contributed by atoms with Crippen LogP contribution in [0.2, 0.25) is 0 Å². The van der Waals surface area contributed by atoms with Crippen molar-refractivity contribution in [3.05, 3.63) is 30.1 Å². The largest absolute Gasteiger partial charge is 0.383 e. The summed E-state index contributed by atoms with van der Waals surface area (Å²) in [6.07, 6.45) is 3.54. The molecule has 3 rings (SSSR count). The van der Waals surface area contributed by atoms with Gasteiger partial charge in [-0.05, 0) is 25.5 Å². The lowest BCUT2D eigenvalue weighted by Gasteiger charge is -2.19. The highest BCUT2D eigenvalue weighted by Gasteiger charge is 2.09. The normalized spacial score (nSPS) is 11.0. The lowest BCUT2D eigenvalue weighted by molar-refractivity contribution is 0.785. The van der Waals surface area contributed by atoms with Gasteiger partial charge in [-0.15, -0.1) is 0 Å². The van der Waals surface area contributed by atoms with Gasteiger partial charge in [0.05, 0.1) is 11.6 Å². The third-order valence-electron chi connectivity index (χ3n) is 3.97. The monoisotopic (exact) mass is 326 g/mol. The van der Waals surface area contributed by atoms with Gasteiger partial charge in [-0.3, -0.25) is 4.68 Å². The second-order valence-electron chi connectivity index (χ2n) is 5.49. The summed E-state index contributed by atoms with van der Waals surface area (Å²) in [4.78, 5) is 15.4. The molecule has 24 heavy (non-hydrogen) atoms. The fourth-order valence-corrected chi connectivity index (χ4v) is 2.56. The van der Waals surface area contributed by atoms with Crippen LogP contribution in [-0.2, 0) is 13.6 Å². The topological polar surface area (TPSA) is 97.8 Å². The predicted octanol–water partition coefficient (Wildman–Crippen LogP) is 1.80. The Morgan fingerprint density at radius 2 is 1.96 bits per heavy atom. The highest BCUT2D eigenvalue weighted by atomic mass is 15.3. The van der Waals surface area contributed by atoms with E-state index in [1.165, 1.54) is 0 Å². The van der Waals surface area contributed by atoms with Crippen LogP contribution in [0.15, 0.2) is 24.5 Å². The minimum absolute atomic E-state index is 0.422. The summed E-state index contributed by atoms with van der Waals surface area (Å²) in [6.45, 7) is 6.71. The third-order valence-corrected chi connectivity index (χ3v) is 3.97. The Bertz CT molecular complexity index is 820. The molecule has 0 amide bonds. The zero-order valence-electron chi connectivity index (χ0n) is 14.2. The SMILES string of the molecule is CCN(CC)c1ccc(CNc2nc(N)c3cnn(C)c3n2)cn1. The molecule has 3 N–H and O–H groups in total. The Hall–Kier alpha value is -2.90. The van der Waals surface area contributed by atoms with E-state index in [9.17, 15) is 0 Å². The Balaban J connectivity index is 1.72. The highest BCUT2D eigenvalue weighted by Crippen LogP contribution is 2.19. The summed E-state index contributed by atoms with van der Waals surface area (Å²) in [5, 5.41) is 8.10. The molecule has 3 heterocycles. The number of nitrogens with one attached hydrogen (secondary N) is 1. The maximum atomic E-state index is 5.96. The second-order valence-corrected chi connectivity index (χ2v) is 5.49. The van der Waals surface area contributed by atoms with Crippen LogP contribution >= 0.6 is 0 Å². The number of pyridine rings is 1. The Labute approximate surface area is 140 Å². The molecule has 3 aromatic rings. The molecule has 0 fully saturated rings. The molecule has 0 aliphatic rings. The summed E-state index contributed by atoms with van der Waals surface area (Å²) in [5.74, 6) is 1.89. The first-order chi connectivity index (χ1) is 11.6. The summed E-state index contributed by atoms with van der Waals surface area (Å²) in [6, 6.07) is 4.09. The molecule has 0 saturated heterocycles. The smallest absolute Gasteiger partial charge is 0.226 e. The first kappa shape index (κ1) is 16.0. The fraction of sp³-hybridized carbons (Fsp3) is 0.375. The number of anilines is 3. The Kier molecular flexibility index (Phi) is 4.45. The maximum absolute atomic E-state index is 5.96. The molecule has 0 saturated carbocycles. The first-order valence-electron chi connectivity index (χ1n) is 8.01. The van der Waals surface area contributed by atoms with Crippen LogP contribution in [0.4, 0.5) is 17.6 Å². The zero-order valence-corrected chi connectivity index (χ0v) is 14.2. The number of nitrogens with two attached hydrogens (primary N) is 1. The van der Waals surface area contributed by atoms with Crippen molar-refractivity contribution in [2.75, 3.05) is 29.0 Å². The average molecular weight is 326 g/mol. The quantitative estimate of drug-likeness (QED) is 0.712. The van der Waals surface area contributed by atoms with E-state index in [2.05, 4.69) is 50.2 Å². The minimum atomic E-state index is 0.422. The van der Waals surface area contributed by atoms with Crippen molar-refractivity contribution >= 4 is 28.6 Å². The van der Waals surface area contributed by atoms with Crippen molar-refractivity contribution in [3.63, 3.8) is 0 Å². The van der Waals surface area contributed by atoms with Gasteiger partial charge >= 0.3 is 0 Å². The number of nitrogens with zero attached hydrogens (tertiary/aromatic N) is 6. The number of aromatic nitrogens is 5. The molecule has 126 valence electrons. The average Bonchev–Trinajstić information content (AvgIpc) is 2.97. The summed E-state index contributed by atoms with van der Waals surface area (Å²) < 4.78 is 1.68.